The van der Waals surface area contributed by atoms with Gasteiger partial charge in [0.1, 0.15) is 17.7 Å². The van der Waals surface area contributed by atoms with Crippen LogP contribution in [0.3, 0.4) is 0 Å². The van der Waals surface area contributed by atoms with Crippen LogP contribution >= 0.6 is 11.6 Å². The number of para-hydroxylation sites is 1. The van der Waals surface area contributed by atoms with E-state index in [0.717, 1.165) is 24.2 Å². The number of nitrogens with zero attached hydrogens (tertiary/aromatic N) is 3. The summed E-state index contributed by atoms with van der Waals surface area (Å²) in [7, 11) is 0. The number of nitriles is 2. The minimum absolute atomic E-state index is 0.236. The van der Waals surface area contributed by atoms with E-state index in [0.29, 0.717) is 11.6 Å². The van der Waals surface area contributed by atoms with E-state index in [4.69, 9.17) is 22.1 Å². The van der Waals surface area contributed by atoms with Crippen molar-refractivity contribution in [2.45, 2.75) is 6.42 Å². The lowest BCUT2D eigenvalue weighted by molar-refractivity contribution is 0.968. The van der Waals surface area contributed by atoms with Crippen molar-refractivity contribution >= 4 is 17.3 Å². The number of allylic oxidation sites excluding steroid dienone is 1. The molecule has 0 atom stereocenters. The van der Waals surface area contributed by atoms with E-state index in [1.54, 1.807) is 0 Å². The summed E-state index contributed by atoms with van der Waals surface area (Å²) in [6.45, 7) is 1.41. The molecule has 1 aromatic rings. The number of anilines is 1. The third-order valence-corrected chi connectivity index (χ3v) is 3.16. The van der Waals surface area contributed by atoms with Gasteiger partial charge in [-0.2, -0.15) is 10.5 Å². The molecule has 0 aliphatic carbocycles. The second-order valence-electron chi connectivity index (χ2n) is 3.83. The van der Waals surface area contributed by atoms with Crippen molar-refractivity contribution in [1.82, 2.24) is 0 Å². The number of halogens is 1. The highest BCUT2D eigenvalue weighted by Gasteiger charge is 2.21. The number of hydrogen-bond donors (Lipinski definition) is 0. The monoisotopic (exact) mass is 243 g/mol. The van der Waals surface area contributed by atoms with Crippen molar-refractivity contribution < 1.29 is 0 Å². The SMILES string of the molecule is N#CC(C#N)=C1CCN(c2ccccc2Cl)C1. The molecule has 2 rings (SSSR count). The highest BCUT2D eigenvalue weighted by molar-refractivity contribution is 6.33. The van der Waals surface area contributed by atoms with Crippen LogP contribution in [0, 0.1) is 22.7 Å². The maximum absolute atomic E-state index is 8.82. The van der Waals surface area contributed by atoms with Gasteiger partial charge in [-0.25, -0.2) is 0 Å². The lowest BCUT2D eigenvalue weighted by Crippen LogP contribution is -2.18. The molecule has 1 saturated heterocycles. The standard InChI is InChI=1S/C13H10ClN3/c14-12-3-1-2-4-13(12)17-6-5-10(9-17)11(7-15)8-16/h1-4H,5-6,9H2. The molecule has 0 aromatic heterocycles. The van der Waals surface area contributed by atoms with Crippen LogP contribution in [0.25, 0.3) is 0 Å². The Morgan fingerprint density at radius 2 is 1.94 bits per heavy atom. The van der Waals surface area contributed by atoms with Crippen LogP contribution in [0.2, 0.25) is 5.02 Å². The van der Waals surface area contributed by atoms with Gasteiger partial charge in [0.05, 0.1) is 10.7 Å². The summed E-state index contributed by atoms with van der Waals surface area (Å²) in [5.41, 5.74) is 2.09. The molecule has 0 saturated carbocycles. The number of benzene rings is 1. The molecule has 0 bridgehead atoms. The zero-order chi connectivity index (χ0) is 12.3. The van der Waals surface area contributed by atoms with Gasteiger partial charge in [0.15, 0.2) is 0 Å². The van der Waals surface area contributed by atoms with Crippen LogP contribution in [0.15, 0.2) is 35.4 Å². The van der Waals surface area contributed by atoms with Crippen molar-refractivity contribution in [3.05, 3.63) is 40.4 Å². The van der Waals surface area contributed by atoms with E-state index in [2.05, 4.69) is 4.90 Å². The molecule has 1 fully saturated rings. The van der Waals surface area contributed by atoms with Crippen LogP contribution in [-0.4, -0.2) is 13.1 Å². The highest BCUT2D eigenvalue weighted by Crippen LogP contribution is 2.30. The zero-order valence-corrected chi connectivity index (χ0v) is 9.91. The molecular weight excluding hydrogens is 234 g/mol. The molecule has 84 valence electrons. The topological polar surface area (TPSA) is 50.8 Å². The van der Waals surface area contributed by atoms with Gasteiger partial charge in [-0.1, -0.05) is 23.7 Å². The van der Waals surface area contributed by atoms with Crippen molar-refractivity contribution in [2.75, 3.05) is 18.0 Å². The Morgan fingerprint density at radius 1 is 1.24 bits per heavy atom. The maximum atomic E-state index is 8.82. The molecule has 3 nitrogen and oxygen atoms in total. The zero-order valence-electron chi connectivity index (χ0n) is 9.15. The van der Waals surface area contributed by atoms with E-state index in [1.165, 1.54) is 0 Å². The summed E-state index contributed by atoms with van der Waals surface area (Å²) in [6, 6.07) is 11.5. The highest BCUT2D eigenvalue weighted by atomic mass is 35.5. The summed E-state index contributed by atoms with van der Waals surface area (Å²) in [4.78, 5) is 2.09. The Balaban J connectivity index is 2.26. The molecule has 1 heterocycles. The van der Waals surface area contributed by atoms with Crippen molar-refractivity contribution in [1.29, 1.82) is 10.5 Å². The molecule has 17 heavy (non-hydrogen) atoms. The molecular formula is C13H10ClN3. The Morgan fingerprint density at radius 3 is 2.59 bits per heavy atom. The van der Waals surface area contributed by atoms with Gasteiger partial charge < -0.3 is 4.90 Å². The van der Waals surface area contributed by atoms with Gasteiger partial charge in [0.2, 0.25) is 0 Å². The lowest BCUT2D eigenvalue weighted by Gasteiger charge is -2.18. The van der Waals surface area contributed by atoms with Crippen LogP contribution in [0.5, 0.6) is 0 Å². The molecule has 0 spiro atoms. The Labute approximate surface area is 105 Å². The third kappa shape index (κ3) is 2.25. The fourth-order valence-electron chi connectivity index (χ4n) is 1.96. The quantitative estimate of drug-likeness (QED) is 0.713. The smallest absolute Gasteiger partial charge is 0.130 e. The summed E-state index contributed by atoms with van der Waals surface area (Å²) in [5.74, 6) is 0. The van der Waals surface area contributed by atoms with Crippen molar-refractivity contribution in [3.8, 4) is 12.1 Å². The van der Waals surface area contributed by atoms with E-state index in [-0.39, 0.29) is 5.57 Å². The minimum Gasteiger partial charge on any atom is -0.366 e. The Hall–Kier alpha value is -1.97. The van der Waals surface area contributed by atoms with E-state index >= 15 is 0 Å². The molecule has 4 heteroatoms. The average molecular weight is 244 g/mol. The summed E-state index contributed by atoms with van der Waals surface area (Å²) < 4.78 is 0. The normalized spacial score (nSPS) is 14.3. The predicted molar refractivity (Wildman–Crippen MR) is 66.5 cm³/mol. The summed E-state index contributed by atoms with van der Waals surface area (Å²) in [5, 5.41) is 18.3. The molecule has 0 N–H and O–H groups in total. The lowest BCUT2D eigenvalue weighted by atomic mass is 10.1. The number of rotatable bonds is 1. The Kier molecular flexibility index (Phi) is 3.32. The molecule has 1 aliphatic rings. The first-order chi connectivity index (χ1) is 8.26. The summed E-state index contributed by atoms with van der Waals surface area (Å²) in [6.07, 6.45) is 0.752. The van der Waals surface area contributed by atoms with Gasteiger partial charge in [-0.05, 0) is 24.1 Å². The fraction of sp³-hybridized carbons (Fsp3) is 0.231. The summed E-state index contributed by atoms with van der Waals surface area (Å²) >= 11 is 6.11. The van der Waals surface area contributed by atoms with Gasteiger partial charge in [-0.15, -0.1) is 0 Å². The van der Waals surface area contributed by atoms with Gasteiger partial charge >= 0.3 is 0 Å². The molecule has 1 aliphatic heterocycles. The largest absolute Gasteiger partial charge is 0.366 e. The fourth-order valence-corrected chi connectivity index (χ4v) is 2.21. The minimum atomic E-state index is 0.236. The number of hydrogen-bond acceptors (Lipinski definition) is 3. The van der Waals surface area contributed by atoms with Gasteiger partial charge in [0.25, 0.3) is 0 Å². The van der Waals surface area contributed by atoms with Crippen molar-refractivity contribution in [2.24, 2.45) is 0 Å². The molecule has 0 radical (unpaired) electrons. The van der Waals surface area contributed by atoms with E-state index in [1.807, 2.05) is 36.4 Å². The second-order valence-corrected chi connectivity index (χ2v) is 4.23. The van der Waals surface area contributed by atoms with Crippen molar-refractivity contribution in [3.63, 3.8) is 0 Å². The van der Waals surface area contributed by atoms with Crippen LogP contribution in [0.1, 0.15) is 6.42 Å². The second kappa shape index (κ2) is 4.91. The average Bonchev–Trinajstić information content (AvgIpc) is 2.81. The van der Waals surface area contributed by atoms with Gasteiger partial charge in [-0.3, -0.25) is 0 Å². The van der Waals surface area contributed by atoms with Crippen LogP contribution < -0.4 is 4.90 Å². The van der Waals surface area contributed by atoms with E-state index < -0.39 is 0 Å². The third-order valence-electron chi connectivity index (χ3n) is 2.84. The van der Waals surface area contributed by atoms with E-state index in [9.17, 15) is 0 Å². The Bertz CT molecular complexity index is 533. The molecule has 0 amide bonds. The predicted octanol–water partition coefficient (Wildman–Crippen LogP) is 2.89. The first-order valence-corrected chi connectivity index (χ1v) is 5.65. The molecule has 1 aromatic carbocycles. The van der Waals surface area contributed by atoms with Crippen LogP contribution in [0.4, 0.5) is 5.69 Å². The molecule has 0 unspecified atom stereocenters. The first-order valence-electron chi connectivity index (χ1n) is 5.28. The maximum Gasteiger partial charge on any atom is 0.130 e. The van der Waals surface area contributed by atoms with Gasteiger partial charge in [0, 0.05) is 13.1 Å². The first kappa shape index (κ1) is 11.5. The van der Waals surface area contributed by atoms with Crippen LogP contribution in [-0.2, 0) is 0 Å².